The zero-order chi connectivity index (χ0) is 31.0. The van der Waals surface area contributed by atoms with Crippen LogP contribution in [0.25, 0.3) is 0 Å². The Kier molecular flexibility index (Phi) is 16.2. The normalized spacial score (nSPS) is 17.6. The Labute approximate surface area is 253 Å². The highest BCUT2D eigenvalue weighted by Gasteiger charge is 2.44. The van der Waals surface area contributed by atoms with Gasteiger partial charge in [-0.1, -0.05) is 58.4 Å². The monoisotopic (exact) mass is 591 g/mol. The van der Waals surface area contributed by atoms with Gasteiger partial charge >= 0.3 is 11.9 Å². The zero-order valence-electron chi connectivity index (χ0n) is 26.9. The topological polar surface area (TPSA) is 118 Å². The number of benzene rings is 1. The molecule has 4 N–H and O–H groups in total. The number of hydrogen-bond acceptors (Lipinski definition) is 9. The minimum Gasteiger partial charge on any atom is -0.504 e. The number of methoxy groups -OCH3 is 1. The molecule has 9 heteroatoms. The second-order valence-corrected chi connectivity index (χ2v) is 12.0. The van der Waals surface area contributed by atoms with Crippen molar-refractivity contribution >= 4 is 11.9 Å². The molecule has 0 saturated carbocycles. The molecule has 4 atom stereocenters. The van der Waals surface area contributed by atoms with E-state index in [1.54, 1.807) is 20.2 Å². The molecule has 1 heterocycles. The fraction of sp³-hybridized carbons (Fsp3) is 0.758. The third-order valence-electron chi connectivity index (χ3n) is 8.70. The number of likely N-dealkylation sites (N-methyl/N-ethyl adjacent to an activating group) is 2. The number of nitrogens with one attached hydrogen (secondary N) is 3. The van der Waals surface area contributed by atoms with E-state index >= 15 is 0 Å². The molecule has 0 radical (unpaired) electrons. The number of esters is 2. The molecule has 0 bridgehead atoms. The molecular formula is C33H57N3O6. The van der Waals surface area contributed by atoms with Crippen molar-refractivity contribution in [3.05, 3.63) is 23.8 Å². The first-order valence-corrected chi connectivity index (χ1v) is 16.0. The van der Waals surface area contributed by atoms with Crippen LogP contribution in [0.15, 0.2) is 18.2 Å². The van der Waals surface area contributed by atoms with Crippen LogP contribution in [-0.4, -0.2) is 76.1 Å². The molecule has 1 aliphatic heterocycles. The fourth-order valence-corrected chi connectivity index (χ4v) is 6.44. The van der Waals surface area contributed by atoms with Crippen molar-refractivity contribution in [3.63, 3.8) is 0 Å². The number of piperidine rings is 1. The van der Waals surface area contributed by atoms with Gasteiger partial charge in [0, 0.05) is 25.3 Å². The molecule has 1 fully saturated rings. The molecule has 1 aromatic carbocycles. The molecule has 42 heavy (non-hydrogen) atoms. The first kappa shape index (κ1) is 35.8. The molecule has 0 aliphatic carbocycles. The van der Waals surface area contributed by atoms with Gasteiger partial charge in [0.2, 0.25) is 0 Å². The molecule has 1 saturated heterocycles. The van der Waals surface area contributed by atoms with E-state index in [9.17, 15) is 14.7 Å². The quantitative estimate of drug-likeness (QED) is 0.126. The third kappa shape index (κ3) is 11.4. The number of phenolic OH excluding ortho intramolecular Hbond substituents is 1. The lowest BCUT2D eigenvalue weighted by molar-refractivity contribution is -0.167. The van der Waals surface area contributed by atoms with Crippen LogP contribution in [0.1, 0.15) is 90.5 Å². The molecule has 240 valence electrons. The predicted octanol–water partition coefficient (Wildman–Crippen LogP) is 4.74. The van der Waals surface area contributed by atoms with Crippen LogP contribution in [0.3, 0.4) is 0 Å². The summed E-state index contributed by atoms with van der Waals surface area (Å²) in [5.74, 6) is 0.337. The minimum absolute atomic E-state index is 0.0903. The Morgan fingerprint density at radius 1 is 1.05 bits per heavy atom. The SMILES string of the molecule is CCCCC[C@H](CCC)C[C@H](C[C@@H](OC(=O)[C@H](CNC)NC)C1(Cc2ccc(O)c(OC)c2)CCNCC1)OC(C)=O. The summed E-state index contributed by atoms with van der Waals surface area (Å²) >= 11 is 0. The lowest BCUT2D eigenvalue weighted by Crippen LogP contribution is -2.52. The van der Waals surface area contributed by atoms with Crippen LogP contribution in [-0.2, 0) is 25.5 Å². The van der Waals surface area contributed by atoms with Crippen LogP contribution in [0, 0.1) is 11.3 Å². The average Bonchev–Trinajstić information content (AvgIpc) is 2.96. The van der Waals surface area contributed by atoms with Gasteiger partial charge in [-0.15, -0.1) is 0 Å². The number of phenols is 1. The molecule has 0 aromatic heterocycles. The number of ether oxygens (including phenoxy) is 3. The Morgan fingerprint density at radius 2 is 1.79 bits per heavy atom. The number of rotatable bonds is 20. The number of carbonyl (C=O) groups excluding carboxylic acids is 2. The van der Waals surface area contributed by atoms with Gasteiger partial charge in [0.1, 0.15) is 18.2 Å². The van der Waals surface area contributed by atoms with Gasteiger partial charge in [-0.25, -0.2) is 0 Å². The Hall–Kier alpha value is -2.36. The van der Waals surface area contributed by atoms with Crippen LogP contribution in [0.4, 0.5) is 0 Å². The summed E-state index contributed by atoms with van der Waals surface area (Å²) in [4.78, 5) is 25.9. The van der Waals surface area contributed by atoms with E-state index in [1.165, 1.54) is 26.2 Å². The highest BCUT2D eigenvalue weighted by atomic mass is 16.6. The van der Waals surface area contributed by atoms with E-state index in [4.69, 9.17) is 14.2 Å². The molecule has 0 amide bonds. The van der Waals surface area contributed by atoms with Gasteiger partial charge in [-0.2, -0.15) is 0 Å². The van der Waals surface area contributed by atoms with Crippen molar-refractivity contribution < 1.29 is 28.9 Å². The maximum absolute atomic E-state index is 13.6. The molecule has 1 aromatic rings. The highest BCUT2D eigenvalue weighted by Crippen LogP contribution is 2.42. The highest BCUT2D eigenvalue weighted by molar-refractivity contribution is 5.76. The maximum Gasteiger partial charge on any atom is 0.324 e. The van der Waals surface area contributed by atoms with Crippen molar-refractivity contribution in [3.8, 4) is 11.5 Å². The Morgan fingerprint density at radius 3 is 2.38 bits per heavy atom. The number of hydrogen-bond donors (Lipinski definition) is 4. The first-order chi connectivity index (χ1) is 20.2. The van der Waals surface area contributed by atoms with Gasteiger partial charge < -0.3 is 35.3 Å². The predicted molar refractivity (Wildman–Crippen MR) is 167 cm³/mol. The summed E-state index contributed by atoms with van der Waals surface area (Å²) in [6.45, 7) is 7.91. The summed E-state index contributed by atoms with van der Waals surface area (Å²) in [5.41, 5.74) is 0.613. The first-order valence-electron chi connectivity index (χ1n) is 16.0. The van der Waals surface area contributed by atoms with Crippen LogP contribution >= 0.6 is 0 Å². The largest absolute Gasteiger partial charge is 0.504 e. The lowest BCUT2D eigenvalue weighted by Gasteiger charge is -2.45. The van der Waals surface area contributed by atoms with Gasteiger partial charge in [0.25, 0.3) is 0 Å². The minimum atomic E-state index is -0.501. The van der Waals surface area contributed by atoms with E-state index in [0.717, 1.165) is 57.2 Å². The lowest BCUT2D eigenvalue weighted by atomic mass is 9.68. The van der Waals surface area contributed by atoms with Gasteiger partial charge in [-0.3, -0.25) is 9.59 Å². The smallest absolute Gasteiger partial charge is 0.324 e. The van der Waals surface area contributed by atoms with E-state index in [2.05, 4.69) is 29.8 Å². The Balaban J connectivity index is 2.48. The second-order valence-electron chi connectivity index (χ2n) is 12.0. The average molecular weight is 592 g/mol. The van der Waals surface area contributed by atoms with Crippen molar-refractivity contribution in [1.29, 1.82) is 0 Å². The number of carbonyl (C=O) groups is 2. The molecule has 1 aliphatic rings. The number of aromatic hydroxyl groups is 1. The summed E-state index contributed by atoms with van der Waals surface area (Å²) in [5, 5.41) is 19.8. The summed E-state index contributed by atoms with van der Waals surface area (Å²) in [6, 6.07) is 4.93. The maximum atomic E-state index is 13.6. The van der Waals surface area contributed by atoms with E-state index in [-0.39, 0.29) is 29.2 Å². The summed E-state index contributed by atoms with van der Waals surface area (Å²) < 4.78 is 17.9. The number of unbranched alkanes of at least 4 members (excludes halogenated alkanes) is 2. The van der Waals surface area contributed by atoms with Gasteiger partial charge in [0.15, 0.2) is 11.5 Å². The van der Waals surface area contributed by atoms with E-state index in [0.29, 0.717) is 31.1 Å². The third-order valence-corrected chi connectivity index (χ3v) is 8.70. The van der Waals surface area contributed by atoms with Crippen LogP contribution in [0.2, 0.25) is 0 Å². The van der Waals surface area contributed by atoms with Crippen molar-refractivity contribution in [2.45, 2.75) is 110 Å². The zero-order valence-corrected chi connectivity index (χ0v) is 26.9. The van der Waals surface area contributed by atoms with Gasteiger partial charge in [0.05, 0.1) is 7.11 Å². The molecule has 0 unspecified atom stereocenters. The molecule has 9 nitrogen and oxygen atoms in total. The summed E-state index contributed by atoms with van der Waals surface area (Å²) in [6.07, 6.45) is 9.42. The van der Waals surface area contributed by atoms with Crippen molar-refractivity contribution in [1.82, 2.24) is 16.0 Å². The summed E-state index contributed by atoms with van der Waals surface area (Å²) in [7, 11) is 5.11. The Bertz CT molecular complexity index is 936. The van der Waals surface area contributed by atoms with E-state index in [1.807, 2.05) is 19.2 Å². The van der Waals surface area contributed by atoms with Gasteiger partial charge in [-0.05, 0) is 76.5 Å². The standard InChI is InChI=1S/C33H57N3O6/c1-7-9-10-12-25(11-8-2)19-27(41-24(3)37)21-31(42-32(39)28(35-5)23-34-4)33(15-17-36-18-16-33)22-26-13-14-29(38)30(20-26)40-6/h13-14,20,25,27-28,31,34-36,38H,7-12,15-19,21-23H2,1-6H3/t25-,27+,28-,31+/m0/s1. The second kappa shape index (κ2) is 19.0. The fourth-order valence-electron chi connectivity index (χ4n) is 6.44. The molecule has 2 rings (SSSR count). The van der Waals surface area contributed by atoms with Crippen molar-refractivity contribution in [2.75, 3.05) is 40.8 Å². The van der Waals surface area contributed by atoms with Crippen molar-refractivity contribution in [2.24, 2.45) is 11.3 Å². The molecular weight excluding hydrogens is 534 g/mol. The van der Waals surface area contributed by atoms with E-state index < -0.39 is 12.1 Å². The van der Waals surface area contributed by atoms with Crippen LogP contribution in [0.5, 0.6) is 11.5 Å². The molecule has 0 spiro atoms. The van der Waals surface area contributed by atoms with Crippen LogP contribution < -0.4 is 20.7 Å².